The van der Waals surface area contributed by atoms with Crippen LogP contribution in [0.25, 0.3) is 10.8 Å². The molecule has 0 spiro atoms. The Morgan fingerprint density at radius 1 is 1.20 bits per heavy atom. The van der Waals surface area contributed by atoms with Gasteiger partial charge in [-0.1, -0.05) is 24.3 Å². The molecule has 2 aromatic carbocycles. The van der Waals surface area contributed by atoms with Crippen LogP contribution >= 0.6 is 0 Å². The molecule has 1 unspecified atom stereocenters. The van der Waals surface area contributed by atoms with Crippen molar-refractivity contribution in [1.82, 2.24) is 5.32 Å². The van der Waals surface area contributed by atoms with Gasteiger partial charge in [0.25, 0.3) is 0 Å². The second kappa shape index (κ2) is 5.38. The fourth-order valence-electron chi connectivity index (χ4n) is 2.40. The summed E-state index contributed by atoms with van der Waals surface area (Å²) in [5.41, 5.74) is 0.661. The Balaban J connectivity index is 1.80. The molecule has 0 bridgehead atoms. The van der Waals surface area contributed by atoms with Gasteiger partial charge >= 0.3 is 6.03 Å². The first-order valence-corrected chi connectivity index (χ1v) is 6.64. The van der Waals surface area contributed by atoms with Gasteiger partial charge in [0, 0.05) is 17.4 Å². The molecule has 104 valence electrons. The summed E-state index contributed by atoms with van der Waals surface area (Å²) in [5.74, 6) is 0.200. The first-order valence-electron chi connectivity index (χ1n) is 6.64. The Labute approximate surface area is 116 Å². The van der Waals surface area contributed by atoms with E-state index >= 15 is 0 Å². The summed E-state index contributed by atoms with van der Waals surface area (Å²) in [6.07, 6.45) is 1.59. The van der Waals surface area contributed by atoms with Crippen LogP contribution in [0.15, 0.2) is 36.4 Å². The number of amides is 2. The SMILES string of the molecule is O=C(Nc1cccc2c(O)cccc12)NC1CCCO1. The summed E-state index contributed by atoms with van der Waals surface area (Å²) in [6.45, 7) is 0.688. The van der Waals surface area contributed by atoms with E-state index in [1.54, 1.807) is 24.3 Å². The van der Waals surface area contributed by atoms with Gasteiger partial charge in [-0.15, -0.1) is 0 Å². The van der Waals surface area contributed by atoms with E-state index in [4.69, 9.17) is 4.74 Å². The lowest BCUT2D eigenvalue weighted by molar-refractivity contribution is 0.0928. The van der Waals surface area contributed by atoms with Crippen LogP contribution in [-0.2, 0) is 4.74 Å². The van der Waals surface area contributed by atoms with Crippen LogP contribution in [-0.4, -0.2) is 24.0 Å². The Morgan fingerprint density at radius 2 is 2.00 bits per heavy atom. The number of hydrogen-bond acceptors (Lipinski definition) is 3. The number of ether oxygens (including phenoxy) is 1. The van der Waals surface area contributed by atoms with E-state index in [1.165, 1.54) is 0 Å². The molecule has 0 saturated carbocycles. The summed E-state index contributed by atoms with van der Waals surface area (Å²) in [6, 6.07) is 10.3. The van der Waals surface area contributed by atoms with Gasteiger partial charge in [-0.25, -0.2) is 4.79 Å². The van der Waals surface area contributed by atoms with Crippen molar-refractivity contribution in [2.24, 2.45) is 0 Å². The number of aromatic hydroxyl groups is 1. The van der Waals surface area contributed by atoms with E-state index in [1.807, 2.05) is 12.1 Å². The number of benzene rings is 2. The van der Waals surface area contributed by atoms with Gasteiger partial charge in [0.2, 0.25) is 0 Å². The highest BCUT2D eigenvalue weighted by Gasteiger charge is 2.17. The molecule has 5 heteroatoms. The summed E-state index contributed by atoms with van der Waals surface area (Å²) < 4.78 is 5.36. The number of rotatable bonds is 2. The quantitative estimate of drug-likeness (QED) is 0.787. The molecule has 3 N–H and O–H groups in total. The summed E-state index contributed by atoms with van der Waals surface area (Å²) in [5, 5.41) is 16.9. The predicted molar refractivity (Wildman–Crippen MR) is 76.7 cm³/mol. The molecular weight excluding hydrogens is 256 g/mol. The zero-order valence-corrected chi connectivity index (χ0v) is 10.9. The highest BCUT2D eigenvalue weighted by molar-refractivity contribution is 6.03. The number of urea groups is 1. The third-order valence-electron chi connectivity index (χ3n) is 3.37. The number of carbonyl (C=O) groups is 1. The fourth-order valence-corrected chi connectivity index (χ4v) is 2.40. The third kappa shape index (κ3) is 2.53. The highest BCUT2D eigenvalue weighted by Crippen LogP contribution is 2.29. The van der Waals surface area contributed by atoms with E-state index in [-0.39, 0.29) is 18.0 Å². The first-order chi connectivity index (χ1) is 9.74. The Bertz CT molecular complexity index is 636. The monoisotopic (exact) mass is 272 g/mol. The molecule has 0 aromatic heterocycles. The van der Waals surface area contributed by atoms with Gasteiger partial charge < -0.3 is 20.5 Å². The van der Waals surface area contributed by atoms with Crippen LogP contribution in [0, 0.1) is 0 Å². The van der Waals surface area contributed by atoms with Gasteiger partial charge in [-0.2, -0.15) is 0 Å². The lowest BCUT2D eigenvalue weighted by atomic mass is 10.1. The molecular formula is C15H16N2O3. The van der Waals surface area contributed by atoms with Crippen molar-refractivity contribution in [2.45, 2.75) is 19.1 Å². The number of phenolic OH excluding ortho intramolecular Hbond substituents is 1. The van der Waals surface area contributed by atoms with Gasteiger partial charge in [0.1, 0.15) is 12.0 Å². The lowest BCUT2D eigenvalue weighted by Gasteiger charge is -2.14. The van der Waals surface area contributed by atoms with Crippen molar-refractivity contribution in [1.29, 1.82) is 0 Å². The molecule has 1 saturated heterocycles. The van der Waals surface area contributed by atoms with Gasteiger partial charge in [0.05, 0.1) is 5.69 Å². The molecule has 1 fully saturated rings. The number of fused-ring (bicyclic) bond motifs is 1. The van der Waals surface area contributed by atoms with Crippen molar-refractivity contribution in [3.63, 3.8) is 0 Å². The standard InChI is InChI=1S/C15H16N2O3/c18-13-7-2-4-10-11(13)5-1-6-12(10)16-15(19)17-14-8-3-9-20-14/h1-2,4-7,14,18H,3,8-9H2,(H2,16,17,19). The molecule has 3 rings (SSSR count). The summed E-state index contributed by atoms with van der Waals surface area (Å²) >= 11 is 0. The van der Waals surface area contributed by atoms with Crippen LogP contribution in [0.3, 0.4) is 0 Å². The average molecular weight is 272 g/mol. The molecule has 1 atom stereocenters. The first kappa shape index (κ1) is 12.7. The van der Waals surface area contributed by atoms with Crippen LogP contribution in [0.2, 0.25) is 0 Å². The number of nitrogens with one attached hydrogen (secondary N) is 2. The molecule has 1 aliphatic heterocycles. The Morgan fingerprint density at radius 3 is 2.80 bits per heavy atom. The molecule has 1 aliphatic rings. The van der Waals surface area contributed by atoms with Crippen LogP contribution in [0.4, 0.5) is 10.5 Å². The van der Waals surface area contributed by atoms with Gasteiger partial charge in [-0.05, 0) is 25.0 Å². The van der Waals surface area contributed by atoms with E-state index in [0.717, 1.165) is 18.2 Å². The number of hydrogen-bond donors (Lipinski definition) is 3. The van der Waals surface area contributed by atoms with Crippen molar-refractivity contribution >= 4 is 22.5 Å². The zero-order chi connectivity index (χ0) is 13.9. The molecule has 5 nitrogen and oxygen atoms in total. The Hall–Kier alpha value is -2.27. The van der Waals surface area contributed by atoms with Gasteiger partial charge in [0.15, 0.2) is 0 Å². The average Bonchev–Trinajstić information content (AvgIpc) is 2.93. The normalized spacial score (nSPS) is 18.1. The van der Waals surface area contributed by atoms with Gasteiger partial charge in [-0.3, -0.25) is 0 Å². The molecule has 2 aromatic rings. The van der Waals surface area contributed by atoms with Crippen LogP contribution < -0.4 is 10.6 Å². The van der Waals surface area contributed by atoms with E-state index in [2.05, 4.69) is 10.6 Å². The van der Waals surface area contributed by atoms with Crippen LogP contribution in [0.1, 0.15) is 12.8 Å². The maximum absolute atomic E-state index is 11.9. The minimum atomic E-state index is -0.298. The van der Waals surface area contributed by atoms with E-state index in [9.17, 15) is 9.90 Å². The van der Waals surface area contributed by atoms with Crippen molar-refractivity contribution < 1.29 is 14.6 Å². The minimum absolute atomic E-state index is 0.200. The van der Waals surface area contributed by atoms with Crippen LogP contribution in [0.5, 0.6) is 5.75 Å². The topological polar surface area (TPSA) is 70.6 Å². The summed E-state index contributed by atoms with van der Waals surface area (Å²) in [4.78, 5) is 11.9. The maximum atomic E-state index is 11.9. The smallest absolute Gasteiger partial charge is 0.321 e. The fraction of sp³-hybridized carbons (Fsp3) is 0.267. The third-order valence-corrected chi connectivity index (χ3v) is 3.37. The molecule has 0 aliphatic carbocycles. The minimum Gasteiger partial charge on any atom is -0.507 e. The Kier molecular flexibility index (Phi) is 3.43. The lowest BCUT2D eigenvalue weighted by Crippen LogP contribution is -2.37. The molecule has 0 radical (unpaired) electrons. The number of phenols is 1. The van der Waals surface area contributed by atoms with E-state index < -0.39 is 0 Å². The second-order valence-corrected chi connectivity index (χ2v) is 4.78. The second-order valence-electron chi connectivity index (χ2n) is 4.78. The molecule has 20 heavy (non-hydrogen) atoms. The van der Waals surface area contributed by atoms with Crippen molar-refractivity contribution in [3.8, 4) is 5.75 Å². The highest BCUT2D eigenvalue weighted by atomic mass is 16.5. The predicted octanol–water partition coefficient (Wildman–Crippen LogP) is 2.80. The largest absolute Gasteiger partial charge is 0.507 e. The molecule has 2 amide bonds. The summed E-state index contributed by atoms with van der Waals surface area (Å²) in [7, 11) is 0. The van der Waals surface area contributed by atoms with E-state index in [0.29, 0.717) is 17.7 Å². The molecule has 1 heterocycles. The number of anilines is 1. The zero-order valence-electron chi connectivity index (χ0n) is 10.9. The van der Waals surface area contributed by atoms with Crippen molar-refractivity contribution in [3.05, 3.63) is 36.4 Å². The maximum Gasteiger partial charge on any atom is 0.321 e. The van der Waals surface area contributed by atoms with Crippen molar-refractivity contribution in [2.75, 3.05) is 11.9 Å². The number of carbonyl (C=O) groups excluding carboxylic acids is 1.